The van der Waals surface area contributed by atoms with Gasteiger partial charge in [-0.15, -0.1) is 0 Å². The Balaban J connectivity index is 5.38. The van der Waals surface area contributed by atoms with Gasteiger partial charge >= 0.3 is 5.97 Å². The summed E-state index contributed by atoms with van der Waals surface area (Å²) in [5.41, 5.74) is 0. The fourth-order valence-electron chi connectivity index (χ4n) is 8.47. The highest BCUT2D eigenvalue weighted by molar-refractivity contribution is 7.45. The van der Waals surface area contributed by atoms with Crippen LogP contribution in [0.5, 0.6) is 0 Å². The Hall–Kier alpha value is -4.37. The van der Waals surface area contributed by atoms with E-state index in [4.69, 9.17) is 13.8 Å². The second-order valence-electron chi connectivity index (χ2n) is 22.5. The first kappa shape index (κ1) is 78.6. The number of phosphoric acid groups is 1. The summed E-state index contributed by atoms with van der Waals surface area (Å²) in [6.07, 6.45) is 89.3. The third-order valence-corrected chi connectivity index (χ3v) is 14.4. The molecule has 0 heterocycles. The van der Waals surface area contributed by atoms with E-state index in [2.05, 4.69) is 172 Å². The molecule has 0 rings (SSSR count). The number of likely N-dealkylation sites (N-methyl/N-ethyl adjacent to an activating group) is 1. The third-order valence-electron chi connectivity index (χ3n) is 13.5. The molecular formula is C73H121N2O7P. The van der Waals surface area contributed by atoms with Crippen molar-refractivity contribution >= 4 is 19.7 Å². The number of nitrogens with zero attached hydrogens (tertiary/aromatic N) is 1. The average Bonchev–Trinajstić information content (AvgIpc) is 3.47. The molecule has 3 atom stereocenters. The number of carbonyl (C=O) groups is 2. The number of amides is 1. The molecular weight excluding hydrogens is 1050 g/mol. The lowest BCUT2D eigenvalue weighted by Gasteiger charge is -2.30. The van der Waals surface area contributed by atoms with Crippen LogP contribution in [0.1, 0.15) is 239 Å². The van der Waals surface area contributed by atoms with Crippen molar-refractivity contribution in [3.05, 3.63) is 158 Å². The molecule has 10 heteroatoms. The molecule has 0 fully saturated rings. The van der Waals surface area contributed by atoms with E-state index >= 15 is 0 Å². The minimum atomic E-state index is -4.73. The number of carbonyl (C=O) groups excluding carboxylic acids is 2. The Labute approximate surface area is 510 Å². The van der Waals surface area contributed by atoms with Crippen LogP contribution in [0, 0.1) is 0 Å². The lowest BCUT2D eigenvalue weighted by Crippen LogP contribution is -2.47. The van der Waals surface area contributed by atoms with Gasteiger partial charge in [-0.3, -0.25) is 14.2 Å². The van der Waals surface area contributed by atoms with Crippen molar-refractivity contribution in [1.82, 2.24) is 5.32 Å². The van der Waals surface area contributed by atoms with Gasteiger partial charge in [-0.2, -0.15) is 0 Å². The fraction of sp³-hybridized carbons (Fsp3) is 0.616. The topological polar surface area (TPSA) is 114 Å². The predicted molar refractivity (Wildman–Crippen MR) is 357 cm³/mol. The molecule has 1 amide bonds. The summed E-state index contributed by atoms with van der Waals surface area (Å²) in [6, 6.07) is -0.936. The van der Waals surface area contributed by atoms with Crippen LogP contribution in [-0.4, -0.2) is 69.4 Å². The average molecular weight is 1170 g/mol. The molecule has 470 valence electrons. The van der Waals surface area contributed by atoms with Crippen molar-refractivity contribution in [3.8, 4) is 0 Å². The summed E-state index contributed by atoms with van der Waals surface area (Å²) in [7, 11) is 1.11. The minimum Gasteiger partial charge on any atom is -0.756 e. The van der Waals surface area contributed by atoms with E-state index in [-0.39, 0.29) is 31.3 Å². The Morgan fingerprint density at radius 3 is 1.17 bits per heavy atom. The Morgan fingerprint density at radius 1 is 0.434 bits per heavy atom. The third kappa shape index (κ3) is 62.0. The number of phosphoric ester groups is 1. The van der Waals surface area contributed by atoms with Gasteiger partial charge in [0.15, 0.2) is 0 Å². The highest BCUT2D eigenvalue weighted by Gasteiger charge is 2.27. The summed E-state index contributed by atoms with van der Waals surface area (Å²) in [5.74, 6) is -0.633. The quantitative estimate of drug-likeness (QED) is 0.0212. The summed E-state index contributed by atoms with van der Waals surface area (Å²) in [4.78, 5) is 40.1. The summed E-state index contributed by atoms with van der Waals surface area (Å²) < 4.78 is 30.3. The van der Waals surface area contributed by atoms with Crippen molar-refractivity contribution in [1.29, 1.82) is 0 Å². The van der Waals surface area contributed by atoms with Crippen molar-refractivity contribution in [2.75, 3.05) is 40.9 Å². The Kier molecular flexibility index (Phi) is 57.5. The molecule has 1 N–H and O–H groups in total. The van der Waals surface area contributed by atoms with Crippen LogP contribution in [-0.2, 0) is 27.9 Å². The Bertz CT molecular complexity index is 1980. The lowest BCUT2D eigenvalue weighted by atomic mass is 10.0. The van der Waals surface area contributed by atoms with E-state index in [1.54, 1.807) is 0 Å². The lowest BCUT2D eigenvalue weighted by molar-refractivity contribution is -0.870. The number of hydrogen-bond acceptors (Lipinski definition) is 7. The fourth-order valence-corrected chi connectivity index (χ4v) is 9.19. The van der Waals surface area contributed by atoms with Crippen LogP contribution in [0.2, 0.25) is 0 Å². The second-order valence-corrected chi connectivity index (χ2v) is 23.9. The van der Waals surface area contributed by atoms with E-state index < -0.39 is 26.6 Å². The summed E-state index contributed by atoms with van der Waals surface area (Å²) in [6.45, 7) is 6.54. The Morgan fingerprint density at radius 2 is 0.771 bits per heavy atom. The first-order chi connectivity index (χ1) is 40.4. The molecule has 9 nitrogen and oxygen atoms in total. The van der Waals surface area contributed by atoms with Crippen molar-refractivity contribution in [2.45, 2.75) is 251 Å². The summed E-state index contributed by atoms with van der Waals surface area (Å²) in [5, 5.41) is 3.00. The highest BCUT2D eigenvalue weighted by Crippen LogP contribution is 2.38. The number of unbranched alkanes of at least 4 members (excludes halogenated alkanes) is 17. The maximum Gasteiger partial charge on any atom is 0.306 e. The predicted octanol–water partition coefficient (Wildman–Crippen LogP) is 20.1. The monoisotopic (exact) mass is 1170 g/mol. The number of ether oxygens (including phenoxy) is 1. The van der Waals surface area contributed by atoms with Gasteiger partial charge in [0.05, 0.1) is 33.8 Å². The van der Waals surface area contributed by atoms with Crippen LogP contribution in [0.4, 0.5) is 0 Å². The van der Waals surface area contributed by atoms with Crippen LogP contribution >= 0.6 is 7.82 Å². The van der Waals surface area contributed by atoms with Gasteiger partial charge in [-0.25, -0.2) is 0 Å². The van der Waals surface area contributed by atoms with Gasteiger partial charge < -0.3 is 28.5 Å². The molecule has 0 aliphatic rings. The van der Waals surface area contributed by atoms with E-state index in [1.165, 1.54) is 57.8 Å². The number of quaternary nitrogens is 1. The first-order valence-electron chi connectivity index (χ1n) is 32.8. The second kappa shape index (κ2) is 60.7. The zero-order valence-electron chi connectivity index (χ0n) is 53.6. The number of allylic oxidation sites excluding steroid dienone is 25. The molecule has 83 heavy (non-hydrogen) atoms. The number of rotatable bonds is 57. The normalized spacial score (nSPS) is 14.6. The van der Waals surface area contributed by atoms with Gasteiger partial charge in [0, 0.05) is 12.8 Å². The molecule has 0 saturated heterocycles. The van der Waals surface area contributed by atoms with Crippen LogP contribution in [0.15, 0.2) is 158 Å². The largest absolute Gasteiger partial charge is 0.756 e. The first-order valence-corrected chi connectivity index (χ1v) is 34.3. The standard InChI is InChI=1S/C73H121N2O7P/c1-7-10-13-16-19-22-25-28-30-32-34-36-37-39-41-43-45-48-51-54-57-60-63-66-73(77)82-71(64-61-58-55-52-49-46-27-24-21-18-15-12-9-3)70(69-81-83(78,79)80-68-67-75(4,5)6)74-72(76)65-62-59-56-53-50-47-44-42-40-38-35-33-31-29-26-23-20-17-14-11-8-2/h10-11,13-14,19-20,22-23,28-31,34-36,38-39,41-42,44-45,48,50,53,61,64,70-71H,7-9,12,15-18,21,24-27,32-33,37,40,43,46-47,49,51-52,54-60,62-63,65-69H2,1-6H3,(H-,74,76,78,79)/b13-10-,14-11-,22-19-,23-20-,30-28-,31-29-,36-34-,38-35-,41-39-,44-42-,48-45-,53-50-,64-61+. The number of nitrogens with one attached hydrogen (secondary N) is 1. The van der Waals surface area contributed by atoms with Crippen LogP contribution in [0.25, 0.3) is 0 Å². The van der Waals surface area contributed by atoms with E-state index in [0.29, 0.717) is 23.9 Å². The van der Waals surface area contributed by atoms with Gasteiger partial charge in [-0.05, 0) is 134 Å². The maximum absolute atomic E-state index is 13.6. The van der Waals surface area contributed by atoms with E-state index in [0.717, 1.165) is 135 Å². The molecule has 0 spiro atoms. The van der Waals surface area contributed by atoms with Crippen molar-refractivity contribution in [2.24, 2.45) is 0 Å². The molecule has 0 saturated carbocycles. The minimum absolute atomic E-state index is 0.0449. The van der Waals surface area contributed by atoms with Crippen molar-refractivity contribution < 1.29 is 37.3 Å². The number of esters is 1. The maximum atomic E-state index is 13.6. The van der Waals surface area contributed by atoms with Gasteiger partial charge in [0.1, 0.15) is 19.3 Å². The molecule has 0 aliphatic heterocycles. The molecule has 0 aromatic heterocycles. The van der Waals surface area contributed by atoms with Crippen LogP contribution < -0.4 is 10.2 Å². The van der Waals surface area contributed by atoms with Gasteiger partial charge in [-0.1, -0.05) is 250 Å². The molecule has 0 aliphatic carbocycles. The molecule has 0 aromatic rings. The van der Waals surface area contributed by atoms with Crippen LogP contribution in [0.3, 0.4) is 0 Å². The highest BCUT2D eigenvalue weighted by atomic mass is 31.2. The summed E-state index contributed by atoms with van der Waals surface area (Å²) >= 11 is 0. The van der Waals surface area contributed by atoms with Gasteiger partial charge in [0.25, 0.3) is 7.82 Å². The van der Waals surface area contributed by atoms with Gasteiger partial charge in [0.2, 0.25) is 5.91 Å². The molecule has 3 unspecified atom stereocenters. The number of hydrogen-bond donors (Lipinski definition) is 1. The molecule has 0 bridgehead atoms. The molecule has 0 aromatic carbocycles. The SMILES string of the molecule is CC/C=C\C/C=C\C/C=C\C/C=C\C/C=C\C/C=C\CCCCCCC(=O)OC(/C=C/CCCCCCCCCCCCC)C(COP(=O)([O-])OCC[N+](C)(C)C)NC(=O)CCCC/C=C\C/C=C\C/C=C\C/C=C\C/C=C\C/C=C\CC. The van der Waals surface area contributed by atoms with E-state index in [1.807, 2.05) is 33.3 Å². The van der Waals surface area contributed by atoms with E-state index in [9.17, 15) is 19.0 Å². The smallest absolute Gasteiger partial charge is 0.306 e. The zero-order valence-corrected chi connectivity index (χ0v) is 54.5. The zero-order chi connectivity index (χ0) is 60.7. The molecule has 0 radical (unpaired) electrons. The van der Waals surface area contributed by atoms with Crippen molar-refractivity contribution in [3.63, 3.8) is 0 Å².